The fourth-order valence-corrected chi connectivity index (χ4v) is 0.981. The van der Waals surface area contributed by atoms with Crippen LogP contribution in [0.3, 0.4) is 0 Å². The lowest BCUT2D eigenvalue weighted by Gasteiger charge is -2.00. The summed E-state index contributed by atoms with van der Waals surface area (Å²) in [6, 6.07) is 0. The Morgan fingerprint density at radius 1 is 1.56 bits per heavy atom. The molecule has 0 aliphatic rings. The van der Waals surface area contributed by atoms with E-state index >= 15 is 0 Å². The Balaban J connectivity index is 0.00000225. The third kappa shape index (κ3) is 4.77. The standard InChI is InChI=1S/C9H17N5O.HI/c1-6(2)8-13-7(15-14-8)4-5-12-9(10)11-3;/h6H,4-5H2,1-3H3,(H3,10,11,12);1H. The minimum atomic E-state index is 0. The largest absolute Gasteiger partial charge is 0.370 e. The van der Waals surface area contributed by atoms with Gasteiger partial charge in [-0.1, -0.05) is 19.0 Å². The smallest absolute Gasteiger partial charge is 0.228 e. The molecule has 1 aromatic rings. The number of aliphatic imine (C=N–C) groups is 1. The van der Waals surface area contributed by atoms with Crippen molar-refractivity contribution in [3.8, 4) is 0 Å². The monoisotopic (exact) mass is 339 g/mol. The Bertz CT molecular complexity index is 336. The van der Waals surface area contributed by atoms with E-state index < -0.39 is 0 Å². The highest BCUT2D eigenvalue weighted by molar-refractivity contribution is 14.0. The first-order valence-corrected chi connectivity index (χ1v) is 4.92. The average Bonchev–Trinajstić information content (AvgIpc) is 2.66. The van der Waals surface area contributed by atoms with E-state index in [9.17, 15) is 0 Å². The summed E-state index contributed by atoms with van der Waals surface area (Å²) < 4.78 is 5.06. The Hall–Kier alpha value is -0.860. The van der Waals surface area contributed by atoms with Crippen LogP contribution < -0.4 is 11.1 Å². The third-order valence-electron chi connectivity index (χ3n) is 1.89. The molecule has 0 amide bonds. The van der Waals surface area contributed by atoms with Gasteiger partial charge in [0.25, 0.3) is 0 Å². The summed E-state index contributed by atoms with van der Waals surface area (Å²) in [6.45, 7) is 4.69. The van der Waals surface area contributed by atoms with Crippen molar-refractivity contribution in [2.45, 2.75) is 26.2 Å². The van der Waals surface area contributed by atoms with Crippen molar-refractivity contribution < 1.29 is 4.52 Å². The van der Waals surface area contributed by atoms with Gasteiger partial charge in [-0.05, 0) is 0 Å². The summed E-state index contributed by atoms with van der Waals surface area (Å²) in [6.07, 6.45) is 0.649. The van der Waals surface area contributed by atoms with Crippen LogP contribution in [0.25, 0.3) is 0 Å². The highest BCUT2D eigenvalue weighted by Gasteiger charge is 2.08. The molecule has 0 saturated heterocycles. The molecule has 0 unspecified atom stereocenters. The molecule has 0 fully saturated rings. The minimum Gasteiger partial charge on any atom is -0.370 e. The first kappa shape index (κ1) is 15.1. The van der Waals surface area contributed by atoms with Gasteiger partial charge < -0.3 is 15.6 Å². The van der Waals surface area contributed by atoms with E-state index in [1.165, 1.54) is 0 Å². The number of halogens is 1. The summed E-state index contributed by atoms with van der Waals surface area (Å²) in [7, 11) is 1.63. The van der Waals surface area contributed by atoms with Gasteiger partial charge in [0.2, 0.25) is 5.89 Å². The Morgan fingerprint density at radius 2 is 2.25 bits per heavy atom. The lowest BCUT2D eigenvalue weighted by molar-refractivity contribution is 0.371. The van der Waals surface area contributed by atoms with Gasteiger partial charge in [0.1, 0.15) is 0 Å². The molecule has 0 saturated carbocycles. The number of nitrogens with zero attached hydrogens (tertiary/aromatic N) is 3. The van der Waals surface area contributed by atoms with Gasteiger partial charge in [0, 0.05) is 25.9 Å². The second-order valence-corrected chi connectivity index (χ2v) is 3.49. The van der Waals surface area contributed by atoms with Gasteiger partial charge >= 0.3 is 0 Å². The fourth-order valence-electron chi connectivity index (χ4n) is 0.981. The fraction of sp³-hybridized carbons (Fsp3) is 0.667. The molecular weight excluding hydrogens is 321 g/mol. The van der Waals surface area contributed by atoms with Gasteiger partial charge in [0.05, 0.1) is 0 Å². The van der Waals surface area contributed by atoms with E-state index in [4.69, 9.17) is 10.3 Å². The topological polar surface area (TPSA) is 89.3 Å². The van der Waals surface area contributed by atoms with Crippen LogP contribution in [0.5, 0.6) is 0 Å². The van der Waals surface area contributed by atoms with Crippen molar-refractivity contribution in [2.24, 2.45) is 10.7 Å². The van der Waals surface area contributed by atoms with Crippen molar-refractivity contribution >= 4 is 29.9 Å². The Morgan fingerprint density at radius 3 is 2.75 bits per heavy atom. The molecule has 1 heterocycles. The Labute approximate surface area is 112 Å². The van der Waals surface area contributed by atoms with Crippen molar-refractivity contribution in [1.29, 1.82) is 0 Å². The van der Waals surface area contributed by atoms with E-state index in [1.807, 2.05) is 13.8 Å². The van der Waals surface area contributed by atoms with Gasteiger partial charge in [0.15, 0.2) is 11.8 Å². The van der Waals surface area contributed by atoms with Crippen LogP contribution in [-0.4, -0.2) is 29.7 Å². The second-order valence-electron chi connectivity index (χ2n) is 3.49. The molecule has 92 valence electrons. The van der Waals surface area contributed by atoms with Crippen LogP contribution in [0.2, 0.25) is 0 Å². The maximum absolute atomic E-state index is 5.46. The Kier molecular flexibility index (Phi) is 7.02. The molecule has 7 heteroatoms. The van der Waals surface area contributed by atoms with E-state index in [2.05, 4.69) is 20.4 Å². The average molecular weight is 339 g/mol. The highest BCUT2D eigenvalue weighted by Crippen LogP contribution is 2.09. The second kappa shape index (κ2) is 7.42. The van der Waals surface area contributed by atoms with Crippen molar-refractivity contribution in [1.82, 2.24) is 15.5 Å². The number of guanidine groups is 1. The van der Waals surface area contributed by atoms with Crippen molar-refractivity contribution in [3.63, 3.8) is 0 Å². The zero-order valence-corrected chi connectivity index (χ0v) is 12.1. The molecular formula is C9H18IN5O. The van der Waals surface area contributed by atoms with Gasteiger partial charge in [-0.25, -0.2) is 0 Å². The molecule has 0 aliphatic heterocycles. The van der Waals surface area contributed by atoms with E-state index in [-0.39, 0.29) is 29.9 Å². The lowest BCUT2D eigenvalue weighted by atomic mass is 10.2. The predicted octanol–water partition coefficient (Wildman–Crippen LogP) is 0.888. The van der Waals surface area contributed by atoms with Crippen LogP contribution in [0.15, 0.2) is 9.52 Å². The van der Waals surface area contributed by atoms with Gasteiger partial charge in [-0.15, -0.1) is 24.0 Å². The molecule has 1 rings (SSSR count). The lowest BCUT2D eigenvalue weighted by Crippen LogP contribution is -2.32. The van der Waals surface area contributed by atoms with Gasteiger partial charge in [-0.3, -0.25) is 4.99 Å². The maximum atomic E-state index is 5.46. The molecule has 0 aromatic carbocycles. The van der Waals surface area contributed by atoms with Crippen LogP contribution in [-0.2, 0) is 6.42 Å². The van der Waals surface area contributed by atoms with E-state index in [0.29, 0.717) is 24.8 Å². The zero-order chi connectivity index (χ0) is 11.3. The molecule has 3 N–H and O–H groups in total. The molecule has 0 radical (unpaired) electrons. The zero-order valence-electron chi connectivity index (χ0n) is 9.73. The number of nitrogens with two attached hydrogens (primary N) is 1. The van der Waals surface area contributed by atoms with Crippen LogP contribution in [0.4, 0.5) is 0 Å². The quantitative estimate of drug-likeness (QED) is 0.483. The number of rotatable bonds is 4. The number of hydrogen-bond donors (Lipinski definition) is 2. The van der Waals surface area contributed by atoms with E-state index in [1.54, 1.807) is 7.05 Å². The number of hydrogen-bond acceptors (Lipinski definition) is 4. The molecule has 6 nitrogen and oxygen atoms in total. The van der Waals surface area contributed by atoms with Crippen molar-refractivity contribution in [2.75, 3.05) is 13.6 Å². The van der Waals surface area contributed by atoms with E-state index in [0.717, 1.165) is 5.82 Å². The van der Waals surface area contributed by atoms with Crippen molar-refractivity contribution in [3.05, 3.63) is 11.7 Å². The normalized spacial score (nSPS) is 11.4. The van der Waals surface area contributed by atoms with Crippen LogP contribution in [0.1, 0.15) is 31.5 Å². The summed E-state index contributed by atoms with van der Waals surface area (Å²) in [5.41, 5.74) is 5.46. The van der Waals surface area contributed by atoms with Crippen LogP contribution in [0, 0.1) is 0 Å². The highest BCUT2D eigenvalue weighted by atomic mass is 127. The maximum Gasteiger partial charge on any atom is 0.228 e. The molecule has 0 spiro atoms. The SMILES string of the molecule is CN=C(N)NCCc1nc(C(C)C)no1.I. The molecule has 0 bridgehead atoms. The third-order valence-corrected chi connectivity index (χ3v) is 1.89. The summed E-state index contributed by atoms with van der Waals surface area (Å²) in [5.74, 6) is 2.06. The van der Waals surface area contributed by atoms with Crippen LogP contribution >= 0.6 is 24.0 Å². The molecule has 0 atom stereocenters. The summed E-state index contributed by atoms with van der Waals surface area (Å²) in [5, 5.41) is 6.78. The predicted molar refractivity (Wildman–Crippen MR) is 73.1 cm³/mol. The van der Waals surface area contributed by atoms with Gasteiger partial charge in [-0.2, -0.15) is 4.98 Å². The summed E-state index contributed by atoms with van der Waals surface area (Å²) in [4.78, 5) is 8.00. The first-order chi connectivity index (χ1) is 7.13. The number of nitrogens with one attached hydrogen (secondary N) is 1. The first-order valence-electron chi connectivity index (χ1n) is 4.92. The minimum absolute atomic E-state index is 0. The molecule has 1 aromatic heterocycles. The molecule has 0 aliphatic carbocycles. The number of aromatic nitrogens is 2. The summed E-state index contributed by atoms with van der Waals surface area (Å²) >= 11 is 0. The molecule has 16 heavy (non-hydrogen) atoms.